The Kier molecular flexibility index (Phi) is 9.55. The Hall–Kier alpha value is -5.38. The molecule has 3 N–H and O–H groups in total. The van der Waals surface area contributed by atoms with Gasteiger partial charge in [-0.15, -0.1) is 0 Å². The number of sulfonamides is 1. The molecular formula is C39H41FN6O8S. The number of halogens is 1. The molecule has 16 heteroatoms. The zero-order valence-electron chi connectivity index (χ0n) is 30.1. The second kappa shape index (κ2) is 14.4. The lowest BCUT2D eigenvalue weighted by atomic mass is 10.0. The Morgan fingerprint density at radius 1 is 1.04 bits per heavy atom. The number of carbonyl (C=O) groups is 4. The summed E-state index contributed by atoms with van der Waals surface area (Å²) in [5, 5.41) is 10.9. The second-order valence-electron chi connectivity index (χ2n) is 15.0. The molecular weight excluding hydrogens is 732 g/mol. The number of aromatic nitrogens is 2. The molecule has 2 aromatic heterocycles. The van der Waals surface area contributed by atoms with Gasteiger partial charge in [0.1, 0.15) is 35.3 Å². The molecule has 8 rings (SSSR count). The summed E-state index contributed by atoms with van der Waals surface area (Å²) in [5.41, 5.74) is -1.17. The summed E-state index contributed by atoms with van der Waals surface area (Å²) in [4.78, 5) is 62.0. The Morgan fingerprint density at radius 2 is 1.84 bits per heavy atom. The fourth-order valence-electron chi connectivity index (χ4n) is 7.70. The third-order valence-electron chi connectivity index (χ3n) is 10.9. The summed E-state index contributed by atoms with van der Waals surface area (Å²) in [6, 6.07) is 10.9. The van der Waals surface area contributed by atoms with Gasteiger partial charge in [-0.1, -0.05) is 48.3 Å². The summed E-state index contributed by atoms with van der Waals surface area (Å²) in [6.45, 7) is 1.56. The number of nitrogens with one attached hydrogen (secondary N) is 3. The van der Waals surface area contributed by atoms with Gasteiger partial charge in [-0.3, -0.25) is 23.9 Å². The van der Waals surface area contributed by atoms with Gasteiger partial charge in [0.05, 0.1) is 17.3 Å². The predicted molar refractivity (Wildman–Crippen MR) is 198 cm³/mol. The molecule has 0 radical (unpaired) electrons. The first-order valence-corrected chi connectivity index (χ1v) is 20.2. The van der Waals surface area contributed by atoms with Crippen LogP contribution in [0.3, 0.4) is 0 Å². The van der Waals surface area contributed by atoms with E-state index >= 15 is 0 Å². The average Bonchev–Trinajstić information content (AvgIpc) is 4.05. The summed E-state index contributed by atoms with van der Waals surface area (Å²) in [6.07, 6.45) is 7.09. The van der Waals surface area contributed by atoms with Crippen molar-refractivity contribution in [2.24, 2.45) is 5.92 Å². The zero-order valence-corrected chi connectivity index (χ0v) is 30.9. The fraction of sp³-hybridized carbons (Fsp3) is 0.436. The van der Waals surface area contributed by atoms with Crippen molar-refractivity contribution < 1.29 is 41.2 Å². The number of aryl methyl sites for hydroxylation is 1. The normalized spacial score (nSPS) is 26.6. The number of benzene rings is 2. The van der Waals surface area contributed by atoms with Crippen LogP contribution in [0.2, 0.25) is 0 Å². The van der Waals surface area contributed by atoms with Gasteiger partial charge < -0.3 is 24.8 Å². The minimum atomic E-state index is -3.92. The highest BCUT2D eigenvalue weighted by atomic mass is 32.2. The smallest absolute Gasteiger partial charge is 0.274 e. The van der Waals surface area contributed by atoms with Gasteiger partial charge in [0.15, 0.2) is 5.69 Å². The number of allylic oxidation sites excluding steroid dienone is 1. The molecule has 55 heavy (non-hydrogen) atoms. The van der Waals surface area contributed by atoms with E-state index in [1.165, 1.54) is 23.1 Å². The fourth-order valence-corrected chi connectivity index (χ4v) is 9.06. The van der Waals surface area contributed by atoms with Crippen LogP contribution in [0, 0.1) is 18.7 Å². The van der Waals surface area contributed by atoms with E-state index in [-0.39, 0.29) is 37.4 Å². The first kappa shape index (κ1) is 36.6. The highest BCUT2D eigenvalue weighted by Gasteiger charge is 2.62. The number of rotatable bonds is 7. The molecule has 0 unspecified atom stereocenters. The van der Waals surface area contributed by atoms with Gasteiger partial charge in [-0.05, 0) is 69.0 Å². The molecule has 2 saturated carbocycles. The molecule has 14 nitrogen and oxygen atoms in total. The van der Waals surface area contributed by atoms with Crippen molar-refractivity contribution >= 4 is 55.3 Å². The third kappa shape index (κ3) is 7.39. The highest BCUT2D eigenvalue weighted by Crippen LogP contribution is 2.46. The molecule has 0 spiro atoms. The first-order chi connectivity index (χ1) is 26.4. The lowest BCUT2D eigenvalue weighted by molar-refractivity contribution is -0.141. The standard InChI is InChI=1S/C39H41FN6O8S/c1-22-17-32(44-54-22)34(47)41-30-12-6-4-2-3-5-9-23-20-39(23,38(50)45-55(51,52)26-14-15-26)43-35(48)33-19-25(21-46(33)37(30)49)53-36-29-11-8-7-10-27(29)28-16-13-24(40)18-31(28)42-36/h5,7-11,13,16-18,23,25-26,30,33H,2-4,6,12,14-15,19-21H2,1H3,(H,41,47)(H,43,48)(H,45,50)/b9-5-/t23-,25-,30+,33+,39-/m1/s1. The molecule has 1 saturated heterocycles. The van der Waals surface area contributed by atoms with Crippen molar-refractivity contribution in [2.75, 3.05) is 6.54 Å². The molecule has 4 heterocycles. The van der Waals surface area contributed by atoms with Gasteiger partial charge in [0.2, 0.25) is 27.7 Å². The number of fused-ring (bicyclic) bond motifs is 5. The van der Waals surface area contributed by atoms with Gasteiger partial charge in [0.25, 0.3) is 11.8 Å². The minimum absolute atomic E-state index is 0.00262. The largest absolute Gasteiger partial charge is 0.472 e. The summed E-state index contributed by atoms with van der Waals surface area (Å²) in [7, 11) is -3.92. The molecule has 288 valence electrons. The maximum atomic E-state index is 14.6. The molecule has 4 aromatic rings. The Bertz CT molecular complexity index is 2340. The molecule has 4 aliphatic rings. The van der Waals surface area contributed by atoms with Crippen molar-refractivity contribution in [2.45, 2.75) is 93.7 Å². The average molecular weight is 773 g/mol. The summed E-state index contributed by atoms with van der Waals surface area (Å²) < 4.78 is 53.8. The van der Waals surface area contributed by atoms with E-state index in [1.807, 2.05) is 36.4 Å². The van der Waals surface area contributed by atoms with Crippen molar-refractivity contribution in [3.8, 4) is 5.88 Å². The molecule has 0 bridgehead atoms. The number of hydrogen-bond donors (Lipinski definition) is 3. The van der Waals surface area contributed by atoms with Crippen LogP contribution in [0.5, 0.6) is 5.88 Å². The van der Waals surface area contributed by atoms with Gasteiger partial charge >= 0.3 is 0 Å². The Balaban J connectivity index is 1.13. The van der Waals surface area contributed by atoms with Gasteiger partial charge in [-0.25, -0.2) is 17.8 Å². The van der Waals surface area contributed by atoms with E-state index in [1.54, 1.807) is 13.0 Å². The Labute approximate surface area is 316 Å². The van der Waals surface area contributed by atoms with Gasteiger partial charge in [0, 0.05) is 35.2 Å². The van der Waals surface area contributed by atoms with Crippen LogP contribution >= 0.6 is 0 Å². The van der Waals surface area contributed by atoms with E-state index in [0.29, 0.717) is 42.3 Å². The monoisotopic (exact) mass is 772 g/mol. The quantitative estimate of drug-likeness (QED) is 0.183. The minimum Gasteiger partial charge on any atom is -0.472 e. The number of amides is 4. The van der Waals surface area contributed by atoms with E-state index in [0.717, 1.165) is 23.6 Å². The number of nitrogens with zero attached hydrogens (tertiary/aromatic N) is 3. The SMILES string of the molecule is Cc1cc(C(=O)N[C@H]2CCCCC/C=C\[C@@H]3C[C@@]3(C(=O)NS(=O)(=O)C3CC3)NC(=O)[C@@H]3C[C@@H](Oc4nc5cc(F)ccc5c5ccccc45)CN3C2=O)no1. The molecule has 2 aliphatic heterocycles. The molecule has 2 aliphatic carbocycles. The first-order valence-electron chi connectivity index (χ1n) is 18.7. The van der Waals surface area contributed by atoms with Crippen molar-refractivity contribution in [1.82, 2.24) is 30.4 Å². The van der Waals surface area contributed by atoms with Crippen LogP contribution in [-0.2, 0) is 24.4 Å². The van der Waals surface area contributed by atoms with E-state index < -0.39 is 74.4 Å². The topological polar surface area (TPSA) is 190 Å². The number of hydrogen-bond acceptors (Lipinski definition) is 10. The number of pyridine rings is 1. The zero-order chi connectivity index (χ0) is 38.5. The van der Waals surface area contributed by atoms with E-state index in [4.69, 9.17) is 9.26 Å². The highest BCUT2D eigenvalue weighted by molar-refractivity contribution is 7.91. The second-order valence-corrected chi connectivity index (χ2v) is 16.9. The van der Waals surface area contributed by atoms with Crippen molar-refractivity contribution in [3.63, 3.8) is 0 Å². The maximum Gasteiger partial charge on any atom is 0.274 e. The van der Waals surface area contributed by atoms with Crippen LogP contribution in [-0.4, -0.2) is 82.6 Å². The van der Waals surface area contributed by atoms with Crippen LogP contribution in [0.25, 0.3) is 21.7 Å². The van der Waals surface area contributed by atoms with Crippen LogP contribution in [0.15, 0.2) is 65.2 Å². The summed E-state index contributed by atoms with van der Waals surface area (Å²) >= 11 is 0. The van der Waals surface area contributed by atoms with E-state index in [2.05, 4.69) is 25.5 Å². The van der Waals surface area contributed by atoms with Gasteiger partial charge in [-0.2, -0.15) is 0 Å². The van der Waals surface area contributed by atoms with Crippen LogP contribution in [0.4, 0.5) is 4.39 Å². The lowest BCUT2D eigenvalue weighted by Gasteiger charge is -2.29. The summed E-state index contributed by atoms with van der Waals surface area (Å²) in [5.74, 6) is -2.96. The molecule has 2 aromatic carbocycles. The van der Waals surface area contributed by atoms with E-state index in [9.17, 15) is 32.0 Å². The predicted octanol–water partition coefficient (Wildman–Crippen LogP) is 3.97. The molecule has 5 atom stereocenters. The number of ether oxygens (including phenoxy) is 1. The lowest BCUT2D eigenvalue weighted by Crippen LogP contribution is -2.58. The molecule has 4 amide bonds. The molecule has 3 fully saturated rings. The number of carbonyl (C=O) groups excluding carboxylic acids is 4. The van der Waals surface area contributed by atoms with Crippen molar-refractivity contribution in [3.05, 3.63) is 78.0 Å². The van der Waals surface area contributed by atoms with Crippen LogP contribution < -0.4 is 20.1 Å². The third-order valence-corrected chi connectivity index (χ3v) is 12.7. The van der Waals surface area contributed by atoms with Crippen LogP contribution in [0.1, 0.15) is 74.0 Å². The van der Waals surface area contributed by atoms with Crippen molar-refractivity contribution in [1.29, 1.82) is 0 Å². The maximum absolute atomic E-state index is 14.6. The Morgan fingerprint density at radius 3 is 2.60 bits per heavy atom.